The van der Waals surface area contributed by atoms with Gasteiger partial charge in [0.1, 0.15) is 0 Å². The van der Waals surface area contributed by atoms with Crippen molar-refractivity contribution in [1.29, 1.82) is 0 Å². The largest absolute Gasteiger partial charge is 0.493 e. The highest BCUT2D eigenvalue weighted by Gasteiger charge is 2.30. The molecule has 1 unspecified atom stereocenters. The summed E-state index contributed by atoms with van der Waals surface area (Å²) < 4.78 is 10.7. The van der Waals surface area contributed by atoms with E-state index in [1.165, 1.54) is 5.56 Å². The molecule has 0 saturated heterocycles. The van der Waals surface area contributed by atoms with Gasteiger partial charge >= 0.3 is 0 Å². The van der Waals surface area contributed by atoms with Crippen molar-refractivity contribution in [3.05, 3.63) is 45.6 Å². The number of rotatable bonds is 9. The van der Waals surface area contributed by atoms with E-state index in [9.17, 15) is 4.79 Å². The predicted octanol–water partition coefficient (Wildman–Crippen LogP) is 3.85. The van der Waals surface area contributed by atoms with Crippen molar-refractivity contribution in [2.45, 2.75) is 44.7 Å². The highest BCUT2D eigenvalue weighted by Crippen LogP contribution is 2.35. The molecule has 1 amide bonds. The van der Waals surface area contributed by atoms with Gasteiger partial charge in [0.25, 0.3) is 5.91 Å². The van der Waals surface area contributed by atoms with Crippen molar-refractivity contribution in [2.24, 2.45) is 5.73 Å². The Bertz CT molecular complexity index is 787. The second-order valence-electron chi connectivity index (χ2n) is 7.48. The Balaban J connectivity index is 1.55. The van der Waals surface area contributed by atoms with Crippen molar-refractivity contribution >= 4 is 17.2 Å². The van der Waals surface area contributed by atoms with Gasteiger partial charge in [0.05, 0.1) is 14.2 Å². The third-order valence-corrected chi connectivity index (χ3v) is 5.97. The number of nitrogens with two attached hydrogens (primary N) is 1. The van der Waals surface area contributed by atoms with E-state index in [0.717, 1.165) is 31.2 Å². The SMILES string of the molecule is COc1cc2c(cc1OC)C(=O)N(CCC(C)(N)CCCc1ccsc1)C2. The molecule has 5 nitrogen and oxygen atoms in total. The number of aryl methyl sites for hydroxylation is 1. The molecule has 1 aromatic carbocycles. The summed E-state index contributed by atoms with van der Waals surface area (Å²) in [6.45, 7) is 3.34. The molecule has 2 aromatic rings. The van der Waals surface area contributed by atoms with Crippen molar-refractivity contribution in [3.63, 3.8) is 0 Å². The zero-order valence-corrected chi connectivity index (χ0v) is 17.1. The second-order valence-corrected chi connectivity index (χ2v) is 8.26. The number of hydrogen-bond donors (Lipinski definition) is 1. The molecule has 2 N–H and O–H groups in total. The lowest BCUT2D eigenvalue weighted by Gasteiger charge is -2.27. The van der Waals surface area contributed by atoms with Gasteiger partial charge in [-0.15, -0.1) is 0 Å². The van der Waals surface area contributed by atoms with Crippen LogP contribution in [0.4, 0.5) is 0 Å². The lowest BCUT2D eigenvalue weighted by atomic mass is 9.91. The number of benzene rings is 1. The van der Waals surface area contributed by atoms with Gasteiger partial charge in [-0.2, -0.15) is 11.3 Å². The summed E-state index contributed by atoms with van der Waals surface area (Å²) >= 11 is 1.73. The molecule has 0 bridgehead atoms. The fourth-order valence-electron chi connectivity index (χ4n) is 3.53. The minimum absolute atomic E-state index is 0.0417. The minimum Gasteiger partial charge on any atom is -0.493 e. The Morgan fingerprint density at radius 2 is 1.96 bits per heavy atom. The van der Waals surface area contributed by atoms with E-state index in [2.05, 4.69) is 23.8 Å². The molecule has 0 radical (unpaired) electrons. The van der Waals surface area contributed by atoms with Crippen LogP contribution in [-0.4, -0.2) is 37.1 Å². The molecule has 27 heavy (non-hydrogen) atoms. The molecule has 0 spiro atoms. The number of hydrogen-bond acceptors (Lipinski definition) is 5. The van der Waals surface area contributed by atoms with Crippen LogP contribution in [0.2, 0.25) is 0 Å². The number of fused-ring (bicyclic) bond motifs is 1. The average Bonchev–Trinajstić information content (AvgIpc) is 3.27. The number of amides is 1. The van der Waals surface area contributed by atoms with Crippen LogP contribution < -0.4 is 15.2 Å². The fourth-order valence-corrected chi connectivity index (χ4v) is 4.23. The van der Waals surface area contributed by atoms with Crippen LogP contribution in [0, 0.1) is 0 Å². The fraction of sp³-hybridized carbons (Fsp3) is 0.476. The van der Waals surface area contributed by atoms with E-state index < -0.39 is 0 Å². The average molecular weight is 389 g/mol. The van der Waals surface area contributed by atoms with Gasteiger partial charge in [-0.1, -0.05) is 0 Å². The quantitative estimate of drug-likeness (QED) is 0.709. The summed E-state index contributed by atoms with van der Waals surface area (Å²) in [5.74, 6) is 1.28. The van der Waals surface area contributed by atoms with Gasteiger partial charge < -0.3 is 20.1 Å². The number of nitrogens with zero attached hydrogens (tertiary/aromatic N) is 1. The zero-order chi connectivity index (χ0) is 19.4. The molecule has 6 heteroatoms. The van der Waals surface area contributed by atoms with E-state index >= 15 is 0 Å². The summed E-state index contributed by atoms with van der Waals surface area (Å²) in [5, 5.41) is 4.30. The normalized spacial score (nSPS) is 15.6. The van der Waals surface area contributed by atoms with Gasteiger partial charge in [-0.05, 0) is 72.7 Å². The summed E-state index contributed by atoms with van der Waals surface area (Å²) in [6.07, 6.45) is 3.85. The number of thiophene rings is 1. The molecule has 0 fully saturated rings. The van der Waals surface area contributed by atoms with E-state index in [1.807, 2.05) is 11.0 Å². The molecule has 146 valence electrons. The van der Waals surface area contributed by atoms with Crippen LogP contribution in [0.25, 0.3) is 0 Å². The van der Waals surface area contributed by atoms with Gasteiger partial charge in [0, 0.05) is 24.2 Å². The Kier molecular flexibility index (Phi) is 6.07. The van der Waals surface area contributed by atoms with Gasteiger partial charge in [-0.3, -0.25) is 4.79 Å². The van der Waals surface area contributed by atoms with Gasteiger partial charge in [0.2, 0.25) is 0 Å². The number of methoxy groups -OCH3 is 2. The van der Waals surface area contributed by atoms with E-state index in [0.29, 0.717) is 30.2 Å². The van der Waals surface area contributed by atoms with E-state index in [4.69, 9.17) is 15.2 Å². The summed E-state index contributed by atoms with van der Waals surface area (Å²) in [6, 6.07) is 5.84. The van der Waals surface area contributed by atoms with Gasteiger partial charge in [-0.25, -0.2) is 0 Å². The summed E-state index contributed by atoms with van der Waals surface area (Å²) in [5.41, 5.74) is 9.28. The molecule has 0 aliphatic carbocycles. The first-order valence-electron chi connectivity index (χ1n) is 9.27. The molecule has 1 aliphatic rings. The molecule has 1 aliphatic heterocycles. The highest BCUT2D eigenvalue weighted by molar-refractivity contribution is 7.07. The molecule has 0 saturated carbocycles. The predicted molar refractivity (Wildman–Crippen MR) is 109 cm³/mol. The lowest BCUT2D eigenvalue weighted by molar-refractivity contribution is 0.0766. The molecule has 3 rings (SSSR count). The standard InChI is InChI=1S/C21H28N2O3S/c1-21(22,7-4-5-15-6-10-27-14-15)8-9-23-13-16-11-18(25-2)19(26-3)12-17(16)20(23)24/h6,10-12,14H,4-5,7-9,13,22H2,1-3H3. The molecule has 2 heterocycles. The van der Waals surface area contributed by atoms with Crippen molar-refractivity contribution in [1.82, 2.24) is 4.90 Å². The van der Waals surface area contributed by atoms with Crippen LogP contribution in [-0.2, 0) is 13.0 Å². The van der Waals surface area contributed by atoms with Crippen LogP contribution in [0.5, 0.6) is 11.5 Å². The first-order chi connectivity index (χ1) is 12.9. The number of carbonyl (C=O) groups excluding carboxylic acids is 1. The lowest BCUT2D eigenvalue weighted by Crippen LogP contribution is -2.40. The number of carbonyl (C=O) groups is 1. The van der Waals surface area contributed by atoms with E-state index in [-0.39, 0.29) is 11.4 Å². The van der Waals surface area contributed by atoms with Crippen molar-refractivity contribution < 1.29 is 14.3 Å². The maximum absolute atomic E-state index is 12.7. The Hall–Kier alpha value is -2.05. The summed E-state index contributed by atoms with van der Waals surface area (Å²) in [4.78, 5) is 14.6. The first-order valence-corrected chi connectivity index (χ1v) is 10.2. The maximum atomic E-state index is 12.7. The van der Waals surface area contributed by atoms with Crippen LogP contribution >= 0.6 is 11.3 Å². The highest BCUT2D eigenvalue weighted by atomic mass is 32.1. The monoisotopic (exact) mass is 388 g/mol. The zero-order valence-electron chi connectivity index (χ0n) is 16.3. The third-order valence-electron chi connectivity index (χ3n) is 5.23. The third kappa shape index (κ3) is 4.62. The van der Waals surface area contributed by atoms with Crippen molar-refractivity contribution in [2.75, 3.05) is 20.8 Å². The van der Waals surface area contributed by atoms with Gasteiger partial charge in [0.15, 0.2) is 11.5 Å². The topological polar surface area (TPSA) is 64.8 Å². The van der Waals surface area contributed by atoms with Crippen LogP contribution in [0.3, 0.4) is 0 Å². The smallest absolute Gasteiger partial charge is 0.254 e. The van der Waals surface area contributed by atoms with Crippen molar-refractivity contribution in [3.8, 4) is 11.5 Å². The molecule has 1 atom stereocenters. The summed E-state index contributed by atoms with van der Waals surface area (Å²) in [7, 11) is 3.19. The second kappa shape index (κ2) is 8.31. The van der Waals surface area contributed by atoms with E-state index in [1.54, 1.807) is 31.6 Å². The molecular formula is C21H28N2O3S. The number of ether oxygens (including phenoxy) is 2. The Morgan fingerprint density at radius 1 is 1.22 bits per heavy atom. The van der Waals surface area contributed by atoms with Crippen LogP contribution in [0.15, 0.2) is 29.0 Å². The molecular weight excluding hydrogens is 360 g/mol. The molecule has 1 aromatic heterocycles. The van der Waals surface area contributed by atoms with Crippen LogP contribution in [0.1, 0.15) is 47.7 Å². The Labute approximate surface area is 165 Å². The maximum Gasteiger partial charge on any atom is 0.254 e. The Morgan fingerprint density at radius 3 is 2.63 bits per heavy atom. The first kappa shape index (κ1) is 19.7. The minimum atomic E-state index is -0.277.